The number of urea groups is 1. The van der Waals surface area contributed by atoms with E-state index < -0.39 is 74.0 Å². The molecule has 2 amide bonds. The predicted octanol–water partition coefficient (Wildman–Crippen LogP) is -1.29. The number of hydrogen-bond donors (Lipinski definition) is 3. The van der Waals surface area contributed by atoms with Gasteiger partial charge in [0.25, 0.3) is 0 Å². The van der Waals surface area contributed by atoms with Crippen molar-refractivity contribution in [1.29, 1.82) is 0 Å². The second-order valence-corrected chi connectivity index (χ2v) is 7.89. The minimum atomic E-state index is -1.31. The molecule has 0 aromatic carbocycles. The Balaban J connectivity index is 2.16. The Hall–Kier alpha value is -2.25. The number of nitrogens with two attached hydrogens (primary N) is 1. The van der Waals surface area contributed by atoms with E-state index in [9.17, 15) is 24.6 Å². The van der Waals surface area contributed by atoms with Crippen molar-refractivity contribution >= 4 is 18.0 Å². The molecule has 170 valence electrons. The highest BCUT2D eigenvalue weighted by Gasteiger charge is 2.49. The Morgan fingerprint density at radius 2 is 2.00 bits per heavy atom. The number of carbonyl (C=O) groups excluding carboxylic acids is 3. The van der Waals surface area contributed by atoms with Gasteiger partial charge in [-0.2, -0.15) is 0 Å². The molecule has 2 rings (SSSR count). The van der Waals surface area contributed by atoms with Crippen LogP contribution in [0.15, 0.2) is 12.3 Å². The number of rotatable bonds is 7. The molecule has 12 heteroatoms. The van der Waals surface area contributed by atoms with E-state index in [-0.39, 0.29) is 0 Å². The monoisotopic (exact) mass is 431 g/mol. The SMILES string of the molecule is COC(=O)CO[C@H]1C(O)[C@@H](CO)O[C@H]1N1C=CC(N)N(COC(=O)C(C)(C)C)C1=O. The Bertz CT molecular complexity index is 678. The molecule has 2 heterocycles. The second kappa shape index (κ2) is 9.71. The Morgan fingerprint density at radius 3 is 2.57 bits per heavy atom. The largest absolute Gasteiger partial charge is 0.467 e. The van der Waals surface area contributed by atoms with Crippen molar-refractivity contribution in [2.24, 2.45) is 11.1 Å². The van der Waals surface area contributed by atoms with Crippen LogP contribution in [0, 0.1) is 5.41 Å². The third kappa shape index (κ3) is 5.26. The molecule has 0 aromatic heterocycles. The van der Waals surface area contributed by atoms with Crippen LogP contribution in [0.3, 0.4) is 0 Å². The van der Waals surface area contributed by atoms with E-state index in [2.05, 4.69) is 4.74 Å². The molecule has 0 radical (unpaired) electrons. The first-order valence-electron chi connectivity index (χ1n) is 9.34. The van der Waals surface area contributed by atoms with E-state index >= 15 is 0 Å². The normalized spacial score (nSPS) is 29.3. The molecule has 2 aliphatic heterocycles. The molecule has 0 aliphatic carbocycles. The highest BCUT2D eigenvalue weighted by molar-refractivity contribution is 5.79. The van der Waals surface area contributed by atoms with Gasteiger partial charge in [-0.15, -0.1) is 0 Å². The molecule has 2 unspecified atom stereocenters. The minimum Gasteiger partial charge on any atom is -0.467 e. The number of nitrogens with zero attached hydrogens (tertiary/aromatic N) is 2. The van der Waals surface area contributed by atoms with E-state index in [0.29, 0.717) is 0 Å². The summed E-state index contributed by atoms with van der Waals surface area (Å²) in [6.45, 7) is 3.59. The van der Waals surface area contributed by atoms with Gasteiger partial charge in [0.15, 0.2) is 13.0 Å². The molecule has 5 atom stereocenters. The van der Waals surface area contributed by atoms with E-state index in [1.165, 1.54) is 19.4 Å². The second-order valence-electron chi connectivity index (χ2n) is 7.89. The number of carbonyl (C=O) groups is 3. The lowest BCUT2D eigenvalue weighted by Gasteiger charge is -2.38. The zero-order valence-corrected chi connectivity index (χ0v) is 17.4. The van der Waals surface area contributed by atoms with Gasteiger partial charge in [0.1, 0.15) is 31.1 Å². The van der Waals surface area contributed by atoms with Gasteiger partial charge in [-0.25, -0.2) is 9.59 Å². The standard InChI is InChI=1S/C18H29N3O9/c1-18(2,3)16(25)29-9-21-11(19)5-6-20(17(21)26)15-14(28-8-12(23)27-4)13(24)10(7-22)30-15/h5-6,10-11,13-15,22,24H,7-9,19H2,1-4H3/t10-,11?,13?,14+,15-/m1/s1. The third-order valence-corrected chi connectivity index (χ3v) is 4.61. The number of ether oxygens (including phenoxy) is 4. The maximum absolute atomic E-state index is 13.0. The zero-order chi connectivity index (χ0) is 22.6. The molecule has 0 spiro atoms. The van der Waals surface area contributed by atoms with Gasteiger partial charge in [-0.1, -0.05) is 0 Å². The number of aliphatic hydroxyl groups is 2. The van der Waals surface area contributed by atoms with Gasteiger partial charge in [0, 0.05) is 6.20 Å². The number of methoxy groups -OCH3 is 1. The predicted molar refractivity (Wildman–Crippen MR) is 100 cm³/mol. The molecule has 1 fully saturated rings. The average Bonchev–Trinajstić information content (AvgIpc) is 3.00. The van der Waals surface area contributed by atoms with Crippen LogP contribution in [0.4, 0.5) is 4.79 Å². The van der Waals surface area contributed by atoms with Crippen LogP contribution in [0.25, 0.3) is 0 Å². The topological polar surface area (TPSA) is 161 Å². The van der Waals surface area contributed by atoms with Crippen molar-refractivity contribution in [3.05, 3.63) is 12.3 Å². The average molecular weight is 431 g/mol. The number of aliphatic hydroxyl groups excluding tert-OH is 2. The van der Waals surface area contributed by atoms with Crippen LogP contribution >= 0.6 is 0 Å². The Labute approximate surface area is 174 Å². The zero-order valence-electron chi connectivity index (χ0n) is 17.4. The molecule has 30 heavy (non-hydrogen) atoms. The fourth-order valence-corrected chi connectivity index (χ4v) is 2.80. The Morgan fingerprint density at radius 1 is 1.33 bits per heavy atom. The molecule has 0 bridgehead atoms. The molecule has 2 aliphatic rings. The maximum atomic E-state index is 13.0. The highest BCUT2D eigenvalue weighted by atomic mass is 16.6. The Kier molecular flexibility index (Phi) is 7.77. The molecule has 0 saturated carbocycles. The number of hydrogen-bond acceptors (Lipinski definition) is 10. The summed E-state index contributed by atoms with van der Waals surface area (Å²) in [5.41, 5.74) is 5.17. The quantitative estimate of drug-likeness (QED) is 0.413. The molecular formula is C18H29N3O9. The molecule has 12 nitrogen and oxygen atoms in total. The summed E-state index contributed by atoms with van der Waals surface area (Å²) in [7, 11) is 1.18. The van der Waals surface area contributed by atoms with Crippen molar-refractivity contribution in [2.75, 3.05) is 27.1 Å². The maximum Gasteiger partial charge on any atom is 0.331 e. The van der Waals surface area contributed by atoms with Crippen molar-refractivity contribution in [3.63, 3.8) is 0 Å². The van der Waals surface area contributed by atoms with Crippen LogP contribution in [0.1, 0.15) is 20.8 Å². The van der Waals surface area contributed by atoms with Crippen LogP contribution in [-0.4, -0.2) is 95.7 Å². The molecular weight excluding hydrogens is 402 g/mol. The summed E-state index contributed by atoms with van der Waals surface area (Å²) < 4.78 is 20.7. The lowest BCUT2D eigenvalue weighted by Crippen LogP contribution is -2.58. The fourth-order valence-electron chi connectivity index (χ4n) is 2.80. The van der Waals surface area contributed by atoms with Gasteiger partial charge in [0.2, 0.25) is 0 Å². The number of esters is 2. The summed E-state index contributed by atoms with van der Waals surface area (Å²) in [6.07, 6.45) is -2.72. The minimum absolute atomic E-state index is 0.399. The van der Waals surface area contributed by atoms with Crippen molar-refractivity contribution in [2.45, 2.75) is 51.5 Å². The van der Waals surface area contributed by atoms with E-state index in [0.717, 1.165) is 9.80 Å². The van der Waals surface area contributed by atoms with Crippen LogP contribution in [0.5, 0.6) is 0 Å². The lowest BCUT2D eigenvalue weighted by molar-refractivity contribution is -0.158. The van der Waals surface area contributed by atoms with Crippen LogP contribution in [-0.2, 0) is 28.5 Å². The van der Waals surface area contributed by atoms with Crippen molar-refractivity contribution in [1.82, 2.24) is 9.80 Å². The van der Waals surface area contributed by atoms with Crippen LogP contribution < -0.4 is 5.73 Å². The van der Waals surface area contributed by atoms with Crippen molar-refractivity contribution < 1.29 is 43.5 Å². The van der Waals surface area contributed by atoms with Gasteiger partial charge in [-0.05, 0) is 26.8 Å². The van der Waals surface area contributed by atoms with E-state index in [4.69, 9.17) is 19.9 Å². The van der Waals surface area contributed by atoms with Crippen molar-refractivity contribution in [3.8, 4) is 0 Å². The molecule has 1 saturated heterocycles. The highest BCUT2D eigenvalue weighted by Crippen LogP contribution is 2.29. The number of amides is 2. The molecule has 0 aromatic rings. The van der Waals surface area contributed by atoms with Gasteiger partial charge in [-0.3, -0.25) is 14.6 Å². The first kappa shape index (κ1) is 24.0. The van der Waals surface area contributed by atoms with E-state index in [1.807, 2.05) is 0 Å². The first-order valence-corrected chi connectivity index (χ1v) is 9.34. The van der Waals surface area contributed by atoms with Crippen LogP contribution in [0.2, 0.25) is 0 Å². The molecule has 4 N–H and O–H groups in total. The fraction of sp³-hybridized carbons (Fsp3) is 0.722. The lowest BCUT2D eigenvalue weighted by atomic mass is 9.98. The summed E-state index contributed by atoms with van der Waals surface area (Å²) in [5.74, 6) is -1.21. The third-order valence-electron chi connectivity index (χ3n) is 4.61. The summed E-state index contributed by atoms with van der Waals surface area (Å²) >= 11 is 0. The first-order chi connectivity index (χ1) is 14.0. The summed E-state index contributed by atoms with van der Waals surface area (Å²) in [5, 5.41) is 19.8. The summed E-state index contributed by atoms with van der Waals surface area (Å²) in [4.78, 5) is 38.6. The smallest absolute Gasteiger partial charge is 0.331 e. The summed E-state index contributed by atoms with van der Waals surface area (Å²) in [6, 6.07) is -0.672. The van der Waals surface area contributed by atoms with Gasteiger partial charge in [0.05, 0.1) is 19.1 Å². The van der Waals surface area contributed by atoms with Gasteiger partial charge >= 0.3 is 18.0 Å². The van der Waals surface area contributed by atoms with E-state index in [1.54, 1.807) is 20.8 Å². The van der Waals surface area contributed by atoms with Gasteiger partial charge < -0.3 is 34.9 Å².